The highest BCUT2D eigenvalue weighted by molar-refractivity contribution is 4.86. The van der Waals surface area contributed by atoms with Gasteiger partial charge in [0.2, 0.25) is 5.89 Å². The summed E-state index contributed by atoms with van der Waals surface area (Å²) in [5, 5.41) is 12.4. The van der Waals surface area contributed by atoms with Gasteiger partial charge < -0.3 is 9.63 Å². The number of aryl methyl sites for hydroxylation is 1. The summed E-state index contributed by atoms with van der Waals surface area (Å²) in [5.41, 5.74) is 0. The average Bonchev–Trinajstić information content (AvgIpc) is 2.64. The van der Waals surface area contributed by atoms with Crippen LogP contribution in [-0.2, 0) is 13.0 Å². The molecule has 0 radical (unpaired) electrons. The van der Waals surface area contributed by atoms with E-state index in [9.17, 15) is 13.2 Å². The quantitative estimate of drug-likeness (QED) is 0.808. The van der Waals surface area contributed by atoms with Gasteiger partial charge in [0.05, 0.1) is 19.7 Å². The fourth-order valence-electron chi connectivity index (χ4n) is 1.48. The number of aromatic nitrogens is 2. The molecular formula is C10H16F3N3O2. The Morgan fingerprint density at radius 3 is 2.67 bits per heavy atom. The van der Waals surface area contributed by atoms with Crippen molar-refractivity contribution in [3.8, 4) is 0 Å². The van der Waals surface area contributed by atoms with Gasteiger partial charge in [0, 0.05) is 13.0 Å². The number of halogens is 3. The fourth-order valence-corrected chi connectivity index (χ4v) is 1.48. The van der Waals surface area contributed by atoms with Gasteiger partial charge >= 0.3 is 6.18 Å². The van der Waals surface area contributed by atoms with Crippen molar-refractivity contribution in [3.05, 3.63) is 11.7 Å². The van der Waals surface area contributed by atoms with E-state index in [0.29, 0.717) is 12.2 Å². The summed E-state index contributed by atoms with van der Waals surface area (Å²) in [6, 6.07) is 0. The van der Waals surface area contributed by atoms with Gasteiger partial charge in [-0.2, -0.15) is 18.2 Å². The van der Waals surface area contributed by atoms with E-state index in [4.69, 9.17) is 9.63 Å². The third-order valence-electron chi connectivity index (χ3n) is 2.16. The summed E-state index contributed by atoms with van der Waals surface area (Å²) in [5.74, 6) is 0.625. The van der Waals surface area contributed by atoms with Crippen molar-refractivity contribution < 1.29 is 22.8 Å². The molecule has 0 bridgehead atoms. The van der Waals surface area contributed by atoms with Crippen molar-refractivity contribution >= 4 is 0 Å². The highest BCUT2D eigenvalue weighted by Crippen LogP contribution is 2.17. The molecule has 1 rings (SSSR count). The normalized spacial score (nSPS) is 12.3. The van der Waals surface area contributed by atoms with Crippen LogP contribution in [0.4, 0.5) is 13.2 Å². The zero-order valence-electron chi connectivity index (χ0n) is 10.1. The molecule has 0 aliphatic rings. The number of alkyl halides is 3. The lowest BCUT2D eigenvalue weighted by Gasteiger charge is -2.20. The first-order chi connectivity index (χ1) is 8.44. The molecule has 1 aromatic heterocycles. The van der Waals surface area contributed by atoms with Crippen LogP contribution in [0.3, 0.4) is 0 Å². The minimum Gasteiger partial charge on any atom is -0.395 e. The lowest BCUT2D eigenvalue weighted by Crippen LogP contribution is -2.35. The molecule has 5 nitrogen and oxygen atoms in total. The number of hydrogen-bond acceptors (Lipinski definition) is 5. The Labute approximate surface area is 103 Å². The zero-order valence-corrected chi connectivity index (χ0v) is 10.1. The SMILES string of the molecule is CCCc1noc(CN(CCO)CC(F)(F)F)n1. The Morgan fingerprint density at radius 1 is 1.39 bits per heavy atom. The summed E-state index contributed by atoms with van der Waals surface area (Å²) in [4.78, 5) is 5.00. The molecule has 0 aromatic carbocycles. The van der Waals surface area contributed by atoms with E-state index >= 15 is 0 Å². The van der Waals surface area contributed by atoms with Gasteiger partial charge in [-0.15, -0.1) is 0 Å². The molecule has 8 heteroatoms. The predicted molar refractivity (Wildman–Crippen MR) is 56.7 cm³/mol. The highest BCUT2D eigenvalue weighted by atomic mass is 19.4. The third kappa shape index (κ3) is 5.46. The van der Waals surface area contributed by atoms with Gasteiger partial charge in [0.1, 0.15) is 0 Å². The summed E-state index contributed by atoms with van der Waals surface area (Å²) in [6.07, 6.45) is -2.86. The molecule has 0 spiro atoms. The maximum atomic E-state index is 12.3. The van der Waals surface area contributed by atoms with E-state index < -0.39 is 12.7 Å². The number of aliphatic hydroxyl groups is 1. The van der Waals surface area contributed by atoms with Crippen molar-refractivity contribution in [1.29, 1.82) is 0 Å². The molecular weight excluding hydrogens is 251 g/mol. The molecule has 104 valence electrons. The summed E-state index contributed by atoms with van der Waals surface area (Å²) in [6.45, 7) is 0.268. The van der Waals surface area contributed by atoms with Crippen LogP contribution >= 0.6 is 0 Å². The van der Waals surface area contributed by atoms with Crippen LogP contribution in [0.15, 0.2) is 4.52 Å². The number of hydrogen-bond donors (Lipinski definition) is 1. The first-order valence-electron chi connectivity index (χ1n) is 5.66. The van der Waals surface area contributed by atoms with Crippen molar-refractivity contribution in [2.24, 2.45) is 0 Å². The monoisotopic (exact) mass is 267 g/mol. The minimum atomic E-state index is -4.32. The van der Waals surface area contributed by atoms with Gasteiger partial charge in [0.25, 0.3) is 0 Å². The molecule has 0 aliphatic heterocycles. The second kappa shape index (κ2) is 6.69. The molecule has 0 saturated heterocycles. The summed E-state index contributed by atoms with van der Waals surface area (Å²) < 4.78 is 41.7. The maximum absolute atomic E-state index is 12.3. The van der Waals surface area contributed by atoms with E-state index in [-0.39, 0.29) is 25.6 Å². The van der Waals surface area contributed by atoms with E-state index in [1.807, 2.05) is 6.92 Å². The Balaban J connectivity index is 2.58. The fraction of sp³-hybridized carbons (Fsp3) is 0.800. The maximum Gasteiger partial charge on any atom is 0.401 e. The second-order valence-corrected chi connectivity index (χ2v) is 3.90. The van der Waals surface area contributed by atoms with Gasteiger partial charge in [-0.3, -0.25) is 4.90 Å². The van der Waals surface area contributed by atoms with Crippen molar-refractivity contribution in [2.75, 3.05) is 19.7 Å². The Hall–Kier alpha value is -1.15. The molecule has 1 heterocycles. The van der Waals surface area contributed by atoms with Crippen LogP contribution < -0.4 is 0 Å². The van der Waals surface area contributed by atoms with Crippen LogP contribution in [0, 0.1) is 0 Å². The van der Waals surface area contributed by atoms with E-state index in [0.717, 1.165) is 11.3 Å². The first kappa shape index (κ1) is 14.9. The van der Waals surface area contributed by atoms with Gasteiger partial charge in [-0.05, 0) is 6.42 Å². The van der Waals surface area contributed by atoms with Crippen molar-refractivity contribution in [2.45, 2.75) is 32.5 Å². The molecule has 0 amide bonds. The van der Waals surface area contributed by atoms with Gasteiger partial charge in [0.15, 0.2) is 5.82 Å². The van der Waals surface area contributed by atoms with Crippen LogP contribution in [0.25, 0.3) is 0 Å². The van der Waals surface area contributed by atoms with Gasteiger partial charge in [-0.1, -0.05) is 12.1 Å². The van der Waals surface area contributed by atoms with Crippen LogP contribution in [0.1, 0.15) is 25.1 Å². The Morgan fingerprint density at radius 2 is 2.11 bits per heavy atom. The van der Waals surface area contributed by atoms with E-state index in [2.05, 4.69) is 10.1 Å². The molecule has 18 heavy (non-hydrogen) atoms. The minimum absolute atomic E-state index is 0.0923. The summed E-state index contributed by atoms with van der Waals surface area (Å²) in [7, 11) is 0. The number of nitrogens with zero attached hydrogens (tertiary/aromatic N) is 3. The molecule has 0 saturated carbocycles. The molecule has 0 fully saturated rings. The molecule has 0 unspecified atom stereocenters. The lowest BCUT2D eigenvalue weighted by atomic mass is 10.3. The number of aliphatic hydroxyl groups excluding tert-OH is 1. The molecule has 0 atom stereocenters. The second-order valence-electron chi connectivity index (χ2n) is 3.90. The first-order valence-corrected chi connectivity index (χ1v) is 5.66. The highest BCUT2D eigenvalue weighted by Gasteiger charge is 2.31. The average molecular weight is 267 g/mol. The molecule has 1 aromatic rings. The summed E-state index contributed by atoms with van der Waals surface area (Å²) >= 11 is 0. The Kier molecular flexibility index (Phi) is 5.54. The molecule has 0 aliphatic carbocycles. The van der Waals surface area contributed by atoms with E-state index in [1.54, 1.807) is 0 Å². The number of rotatable bonds is 7. The third-order valence-corrected chi connectivity index (χ3v) is 2.16. The largest absolute Gasteiger partial charge is 0.401 e. The van der Waals surface area contributed by atoms with E-state index in [1.165, 1.54) is 0 Å². The lowest BCUT2D eigenvalue weighted by molar-refractivity contribution is -0.148. The van der Waals surface area contributed by atoms with Crippen molar-refractivity contribution in [3.63, 3.8) is 0 Å². The van der Waals surface area contributed by atoms with Gasteiger partial charge in [-0.25, -0.2) is 0 Å². The smallest absolute Gasteiger partial charge is 0.395 e. The van der Waals surface area contributed by atoms with Crippen LogP contribution in [0.2, 0.25) is 0 Å². The van der Waals surface area contributed by atoms with Crippen LogP contribution in [-0.4, -0.2) is 46.0 Å². The predicted octanol–water partition coefficient (Wildman–Crippen LogP) is 1.38. The zero-order chi connectivity index (χ0) is 13.6. The topological polar surface area (TPSA) is 62.4 Å². The molecule has 1 N–H and O–H groups in total. The Bertz CT molecular complexity index is 354. The standard InChI is InChI=1S/C10H16F3N3O2/c1-2-3-8-14-9(18-15-8)6-16(4-5-17)7-10(11,12)13/h17H,2-7H2,1H3. The van der Waals surface area contributed by atoms with Crippen molar-refractivity contribution in [1.82, 2.24) is 15.0 Å². The van der Waals surface area contributed by atoms with Crippen LogP contribution in [0.5, 0.6) is 0 Å².